The molecule has 1 fully saturated rings. The number of halogens is 4. The molecule has 4 aromatic rings. The molecule has 39 heavy (non-hydrogen) atoms. The number of hydrogen-bond donors (Lipinski definition) is 3. The van der Waals surface area contributed by atoms with Gasteiger partial charge in [-0.3, -0.25) is 14.2 Å². The van der Waals surface area contributed by atoms with Gasteiger partial charge in [0.15, 0.2) is 5.82 Å². The van der Waals surface area contributed by atoms with E-state index in [0.29, 0.717) is 24.6 Å². The molecule has 5 rings (SSSR count). The van der Waals surface area contributed by atoms with Gasteiger partial charge in [-0.25, -0.2) is 24.4 Å². The highest BCUT2D eigenvalue weighted by Gasteiger charge is 2.37. The molecule has 0 amide bonds. The van der Waals surface area contributed by atoms with Gasteiger partial charge in [0.05, 0.1) is 34.7 Å². The Kier molecular flexibility index (Phi) is 6.78. The van der Waals surface area contributed by atoms with Gasteiger partial charge in [0.25, 0.3) is 11.1 Å². The van der Waals surface area contributed by atoms with Gasteiger partial charge >= 0.3 is 6.18 Å². The van der Waals surface area contributed by atoms with Crippen LogP contribution in [0.4, 0.5) is 29.1 Å². The topological polar surface area (TPSA) is 144 Å². The van der Waals surface area contributed by atoms with Crippen LogP contribution in [0.25, 0.3) is 22.3 Å². The van der Waals surface area contributed by atoms with Crippen LogP contribution >= 0.6 is 0 Å². The molecule has 0 radical (unpaired) electrons. The minimum Gasteiger partial charge on any atom is -0.383 e. The van der Waals surface area contributed by atoms with Crippen molar-refractivity contribution in [2.24, 2.45) is 0 Å². The van der Waals surface area contributed by atoms with E-state index in [1.807, 2.05) is 0 Å². The van der Waals surface area contributed by atoms with E-state index in [1.54, 1.807) is 18.2 Å². The first-order chi connectivity index (χ1) is 18.5. The summed E-state index contributed by atoms with van der Waals surface area (Å²) in [5.41, 5.74) is 3.64. The SMILES string of the molecule is CC(CCCn1cnc2cc(-c3ncc(C4CC4)c(N)n3)c(F)cc2c1=O)Nc1cn[nH]c(=O)c1C(F)(F)F. The molecule has 0 bridgehead atoms. The number of nitrogens with two attached hydrogens (primary N) is 1. The fraction of sp³-hybridized carbons (Fsp3) is 0.360. The molecule has 1 aliphatic carbocycles. The number of aryl methyl sites for hydroxylation is 1. The summed E-state index contributed by atoms with van der Waals surface area (Å²) in [6.07, 6.45) is 1.78. The van der Waals surface area contributed by atoms with Crippen molar-refractivity contribution in [2.45, 2.75) is 57.3 Å². The zero-order valence-electron chi connectivity index (χ0n) is 20.7. The van der Waals surface area contributed by atoms with Crippen molar-refractivity contribution in [1.29, 1.82) is 0 Å². The Hall–Kier alpha value is -4.36. The van der Waals surface area contributed by atoms with E-state index in [2.05, 4.69) is 25.4 Å². The Morgan fingerprint density at radius 1 is 1.21 bits per heavy atom. The summed E-state index contributed by atoms with van der Waals surface area (Å²) in [4.78, 5) is 37.4. The summed E-state index contributed by atoms with van der Waals surface area (Å²) in [6.45, 7) is 1.84. The molecule has 3 heterocycles. The summed E-state index contributed by atoms with van der Waals surface area (Å²) in [5.74, 6) is 0.0611. The van der Waals surface area contributed by atoms with Gasteiger partial charge in [0.1, 0.15) is 17.2 Å². The van der Waals surface area contributed by atoms with Crippen molar-refractivity contribution in [3.05, 3.63) is 68.5 Å². The van der Waals surface area contributed by atoms with Crippen molar-refractivity contribution >= 4 is 22.4 Å². The van der Waals surface area contributed by atoms with E-state index in [4.69, 9.17) is 5.73 Å². The Bertz CT molecular complexity index is 1660. The Morgan fingerprint density at radius 2 is 1.97 bits per heavy atom. The van der Waals surface area contributed by atoms with E-state index in [-0.39, 0.29) is 28.8 Å². The van der Waals surface area contributed by atoms with Gasteiger partial charge < -0.3 is 11.1 Å². The molecular weight excluding hydrogens is 520 g/mol. The predicted octanol–water partition coefficient (Wildman–Crippen LogP) is 3.84. The lowest BCUT2D eigenvalue weighted by atomic mass is 10.1. The average Bonchev–Trinajstić information content (AvgIpc) is 3.70. The number of hydrogen-bond acceptors (Lipinski definition) is 8. The molecule has 1 aromatic carbocycles. The maximum absolute atomic E-state index is 15.0. The molecule has 0 saturated heterocycles. The summed E-state index contributed by atoms with van der Waals surface area (Å²) >= 11 is 0. The van der Waals surface area contributed by atoms with Crippen LogP contribution in [0.5, 0.6) is 0 Å². The second-order valence-electron chi connectivity index (χ2n) is 9.57. The van der Waals surface area contributed by atoms with Crippen LogP contribution in [0.2, 0.25) is 0 Å². The standard InChI is InChI=1S/C25H24F4N8O2/c1-12(34-19-10-33-36-23(38)20(19)25(27,28)29)3-2-6-37-11-32-18-8-14(17(26)7-15(18)24(37)39)22-31-9-16(13-4-5-13)21(30)35-22/h7-13H,2-6H2,1H3,(H2,30,31,35)(H2,34,36,38). The number of aromatic nitrogens is 6. The minimum absolute atomic E-state index is 0.0666. The number of nitrogens with one attached hydrogen (secondary N) is 2. The van der Waals surface area contributed by atoms with E-state index in [9.17, 15) is 22.8 Å². The summed E-state index contributed by atoms with van der Waals surface area (Å²) < 4.78 is 56.1. The highest BCUT2D eigenvalue weighted by Crippen LogP contribution is 2.42. The van der Waals surface area contributed by atoms with Crippen molar-refractivity contribution in [2.75, 3.05) is 11.1 Å². The van der Waals surface area contributed by atoms with Crippen molar-refractivity contribution in [3.63, 3.8) is 0 Å². The highest BCUT2D eigenvalue weighted by molar-refractivity contribution is 5.82. The van der Waals surface area contributed by atoms with Crippen LogP contribution < -0.4 is 22.2 Å². The van der Waals surface area contributed by atoms with Gasteiger partial charge in [-0.1, -0.05) is 0 Å². The number of fused-ring (bicyclic) bond motifs is 1. The number of H-pyrrole nitrogens is 1. The first-order valence-corrected chi connectivity index (χ1v) is 12.3. The third-order valence-corrected chi connectivity index (χ3v) is 6.60. The van der Waals surface area contributed by atoms with E-state index < -0.39 is 40.4 Å². The van der Waals surface area contributed by atoms with Gasteiger partial charge in [0.2, 0.25) is 0 Å². The summed E-state index contributed by atoms with van der Waals surface area (Å²) in [7, 11) is 0. The quantitative estimate of drug-likeness (QED) is 0.284. The normalized spacial score (nSPS) is 14.5. The number of aromatic amines is 1. The second kappa shape index (κ2) is 10.1. The first-order valence-electron chi connectivity index (χ1n) is 12.3. The number of alkyl halides is 3. The van der Waals surface area contributed by atoms with Crippen LogP contribution in [0.3, 0.4) is 0 Å². The third-order valence-electron chi connectivity index (χ3n) is 6.60. The van der Waals surface area contributed by atoms with Crippen molar-refractivity contribution in [1.82, 2.24) is 29.7 Å². The first kappa shape index (κ1) is 26.3. The predicted molar refractivity (Wildman–Crippen MR) is 136 cm³/mol. The minimum atomic E-state index is -4.85. The largest absolute Gasteiger partial charge is 0.423 e. The van der Waals surface area contributed by atoms with Crippen LogP contribution in [0.15, 0.2) is 40.4 Å². The third kappa shape index (κ3) is 5.45. The van der Waals surface area contributed by atoms with Crippen LogP contribution in [0.1, 0.15) is 49.7 Å². The number of nitrogen functional groups attached to an aromatic ring is 1. The summed E-state index contributed by atoms with van der Waals surface area (Å²) in [5, 5.41) is 7.94. The van der Waals surface area contributed by atoms with Crippen molar-refractivity contribution < 1.29 is 17.6 Å². The molecule has 1 unspecified atom stereocenters. The molecule has 204 valence electrons. The molecule has 10 nitrogen and oxygen atoms in total. The molecule has 0 spiro atoms. The maximum Gasteiger partial charge on any atom is 0.423 e. The van der Waals surface area contributed by atoms with E-state index in [0.717, 1.165) is 30.7 Å². The van der Waals surface area contributed by atoms with Crippen LogP contribution in [-0.2, 0) is 12.7 Å². The number of nitrogens with zero attached hydrogens (tertiary/aromatic N) is 5. The molecule has 4 N–H and O–H groups in total. The van der Waals surface area contributed by atoms with Gasteiger partial charge in [-0.15, -0.1) is 0 Å². The van der Waals surface area contributed by atoms with Gasteiger partial charge in [-0.05, 0) is 50.7 Å². The monoisotopic (exact) mass is 544 g/mol. The van der Waals surface area contributed by atoms with Gasteiger partial charge in [0, 0.05) is 24.3 Å². The lowest BCUT2D eigenvalue weighted by molar-refractivity contribution is -0.138. The lowest BCUT2D eigenvalue weighted by Crippen LogP contribution is -2.27. The molecule has 0 aliphatic heterocycles. The van der Waals surface area contributed by atoms with Crippen LogP contribution in [-0.4, -0.2) is 35.8 Å². The Balaban J connectivity index is 1.29. The number of rotatable bonds is 8. The van der Waals surface area contributed by atoms with Crippen LogP contribution in [0, 0.1) is 5.82 Å². The number of anilines is 2. The summed E-state index contributed by atoms with van der Waals surface area (Å²) in [6, 6.07) is 2.02. The number of benzene rings is 1. The zero-order chi connectivity index (χ0) is 27.9. The van der Waals surface area contributed by atoms with Gasteiger partial charge in [-0.2, -0.15) is 18.3 Å². The second-order valence-corrected chi connectivity index (χ2v) is 9.57. The molecule has 1 saturated carbocycles. The molecule has 3 aromatic heterocycles. The van der Waals surface area contributed by atoms with E-state index >= 15 is 4.39 Å². The maximum atomic E-state index is 15.0. The molecule has 14 heteroatoms. The highest BCUT2D eigenvalue weighted by atomic mass is 19.4. The average molecular weight is 545 g/mol. The lowest BCUT2D eigenvalue weighted by Gasteiger charge is -2.18. The smallest absolute Gasteiger partial charge is 0.383 e. The molecule has 1 aliphatic rings. The molecule has 1 atom stereocenters. The van der Waals surface area contributed by atoms with Crippen molar-refractivity contribution in [3.8, 4) is 11.4 Å². The van der Waals surface area contributed by atoms with E-state index in [1.165, 1.54) is 17.0 Å². The molecular formula is C25H24F4N8O2. The fourth-order valence-electron chi connectivity index (χ4n) is 4.45. The fourth-order valence-corrected chi connectivity index (χ4v) is 4.45. The zero-order valence-corrected chi connectivity index (χ0v) is 20.7. The Labute approximate surface area is 218 Å². The Morgan fingerprint density at radius 3 is 2.67 bits per heavy atom.